The van der Waals surface area contributed by atoms with E-state index < -0.39 is 0 Å². The molecule has 2 aromatic carbocycles. The van der Waals surface area contributed by atoms with E-state index in [2.05, 4.69) is 11.1 Å². The first-order valence-corrected chi connectivity index (χ1v) is 6.42. The average Bonchev–Trinajstić information content (AvgIpc) is 2.92. The lowest BCUT2D eigenvalue weighted by molar-refractivity contribution is 0.104. The first-order valence-electron chi connectivity index (χ1n) is 6.42. The van der Waals surface area contributed by atoms with Gasteiger partial charge in [0.2, 0.25) is 0 Å². The van der Waals surface area contributed by atoms with E-state index in [0.717, 1.165) is 5.52 Å². The number of rotatable bonds is 2. The van der Waals surface area contributed by atoms with Crippen LogP contribution in [0.2, 0.25) is 0 Å². The monoisotopic (exact) mass is 278 g/mol. The lowest BCUT2D eigenvalue weighted by Crippen LogP contribution is -2.01. The SMILES string of the molecule is Cc1cc(C(=O)c2c[nH]c3ccc(C#N)cc23)ccc1F. The third kappa shape index (κ3) is 2.19. The third-order valence-electron chi connectivity index (χ3n) is 3.48. The van der Waals surface area contributed by atoms with E-state index in [0.29, 0.717) is 27.6 Å². The number of carbonyl (C=O) groups is 1. The number of halogens is 1. The highest BCUT2D eigenvalue weighted by atomic mass is 19.1. The topological polar surface area (TPSA) is 56.6 Å². The van der Waals surface area contributed by atoms with Crippen molar-refractivity contribution < 1.29 is 9.18 Å². The second kappa shape index (κ2) is 4.88. The Labute approximate surface area is 120 Å². The van der Waals surface area contributed by atoms with Crippen LogP contribution < -0.4 is 0 Å². The molecule has 0 fully saturated rings. The minimum atomic E-state index is -0.336. The predicted molar refractivity (Wildman–Crippen MR) is 77.6 cm³/mol. The fourth-order valence-electron chi connectivity index (χ4n) is 2.32. The van der Waals surface area contributed by atoms with Crippen molar-refractivity contribution in [2.75, 3.05) is 0 Å². The molecule has 0 radical (unpaired) electrons. The number of nitrogens with one attached hydrogen (secondary N) is 1. The van der Waals surface area contributed by atoms with Gasteiger partial charge in [-0.05, 0) is 48.9 Å². The number of hydrogen-bond donors (Lipinski definition) is 1. The number of aryl methyl sites for hydroxylation is 1. The second-order valence-corrected chi connectivity index (χ2v) is 4.87. The highest BCUT2D eigenvalue weighted by molar-refractivity contribution is 6.16. The zero-order valence-electron chi connectivity index (χ0n) is 11.3. The van der Waals surface area contributed by atoms with Crippen molar-refractivity contribution >= 4 is 16.7 Å². The Balaban J connectivity index is 2.13. The van der Waals surface area contributed by atoms with Gasteiger partial charge in [-0.1, -0.05) is 0 Å². The largest absolute Gasteiger partial charge is 0.360 e. The Morgan fingerprint density at radius 1 is 1.24 bits per heavy atom. The second-order valence-electron chi connectivity index (χ2n) is 4.87. The van der Waals surface area contributed by atoms with Gasteiger partial charge < -0.3 is 4.98 Å². The van der Waals surface area contributed by atoms with Crippen molar-refractivity contribution in [2.45, 2.75) is 6.92 Å². The molecule has 0 amide bonds. The molecule has 21 heavy (non-hydrogen) atoms. The summed E-state index contributed by atoms with van der Waals surface area (Å²) in [4.78, 5) is 15.6. The quantitative estimate of drug-likeness (QED) is 0.726. The van der Waals surface area contributed by atoms with E-state index in [-0.39, 0.29) is 11.6 Å². The third-order valence-corrected chi connectivity index (χ3v) is 3.48. The maximum Gasteiger partial charge on any atom is 0.195 e. The predicted octanol–water partition coefficient (Wildman–Crippen LogP) is 3.72. The lowest BCUT2D eigenvalue weighted by Gasteiger charge is -2.02. The lowest BCUT2D eigenvalue weighted by atomic mass is 10.00. The van der Waals surface area contributed by atoms with Crippen molar-refractivity contribution in [3.8, 4) is 6.07 Å². The number of hydrogen-bond acceptors (Lipinski definition) is 2. The molecule has 102 valence electrons. The Morgan fingerprint density at radius 3 is 2.76 bits per heavy atom. The number of H-pyrrole nitrogens is 1. The standard InChI is InChI=1S/C17H11FN2O/c1-10-6-12(3-4-15(10)18)17(21)14-9-20-16-5-2-11(8-19)7-13(14)16/h2-7,9,20H,1H3. The van der Waals surface area contributed by atoms with Gasteiger partial charge in [0.1, 0.15) is 5.82 Å². The molecule has 1 N–H and O–H groups in total. The molecular weight excluding hydrogens is 267 g/mol. The summed E-state index contributed by atoms with van der Waals surface area (Å²) in [5, 5.41) is 9.66. The number of nitriles is 1. The van der Waals surface area contributed by atoms with Crippen molar-refractivity contribution in [3.63, 3.8) is 0 Å². The van der Waals surface area contributed by atoms with E-state index in [4.69, 9.17) is 5.26 Å². The highest BCUT2D eigenvalue weighted by Gasteiger charge is 2.15. The van der Waals surface area contributed by atoms with E-state index >= 15 is 0 Å². The Morgan fingerprint density at radius 2 is 2.05 bits per heavy atom. The first-order chi connectivity index (χ1) is 10.1. The molecule has 0 aliphatic carbocycles. The summed E-state index contributed by atoms with van der Waals surface area (Å²) in [6.07, 6.45) is 1.62. The maximum absolute atomic E-state index is 13.3. The van der Waals surface area contributed by atoms with E-state index in [1.165, 1.54) is 18.2 Å². The number of carbonyl (C=O) groups excluding carboxylic acids is 1. The van der Waals surface area contributed by atoms with Gasteiger partial charge in [-0.15, -0.1) is 0 Å². The summed E-state index contributed by atoms with van der Waals surface area (Å²) in [5.74, 6) is -0.531. The van der Waals surface area contributed by atoms with Crippen LogP contribution in [0.1, 0.15) is 27.0 Å². The Kier molecular flexibility index (Phi) is 3.03. The van der Waals surface area contributed by atoms with Crippen LogP contribution in [0.15, 0.2) is 42.6 Å². The fourth-order valence-corrected chi connectivity index (χ4v) is 2.32. The minimum Gasteiger partial charge on any atom is -0.360 e. The molecule has 0 bridgehead atoms. The summed E-state index contributed by atoms with van der Waals surface area (Å²) >= 11 is 0. The zero-order valence-corrected chi connectivity index (χ0v) is 11.3. The van der Waals surface area contributed by atoms with E-state index in [1.807, 2.05) is 0 Å². The number of aromatic amines is 1. The fraction of sp³-hybridized carbons (Fsp3) is 0.0588. The molecule has 3 rings (SSSR count). The van der Waals surface area contributed by atoms with Crippen LogP contribution in [-0.4, -0.2) is 10.8 Å². The molecule has 3 nitrogen and oxygen atoms in total. The summed E-state index contributed by atoms with van der Waals surface area (Å²) in [6.45, 7) is 1.62. The molecule has 4 heteroatoms. The van der Waals surface area contributed by atoms with Crippen molar-refractivity contribution in [1.82, 2.24) is 4.98 Å². The molecular formula is C17H11FN2O. The molecule has 0 unspecified atom stereocenters. The molecule has 0 aliphatic rings. The van der Waals surface area contributed by atoms with Crippen LogP contribution in [0.3, 0.4) is 0 Å². The molecule has 1 aromatic heterocycles. The van der Waals surface area contributed by atoms with Crippen LogP contribution in [0.25, 0.3) is 10.9 Å². The summed E-state index contributed by atoms with van der Waals surface area (Å²) in [6, 6.07) is 11.5. The number of aromatic nitrogens is 1. The van der Waals surface area contributed by atoms with Crippen LogP contribution >= 0.6 is 0 Å². The van der Waals surface area contributed by atoms with E-state index in [9.17, 15) is 9.18 Å². The van der Waals surface area contributed by atoms with Crippen LogP contribution in [0.4, 0.5) is 4.39 Å². The molecule has 3 aromatic rings. The molecule has 0 saturated carbocycles. The minimum absolute atomic E-state index is 0.195. The van der Waals surface area contributed by atoms with Gasteiger partial charge in [0.05, 0.1) is 11.6 Å². The van der Waals surface area contributed by atoms with Crippen LogP contribution in [0, 0.1) is 24.1 Å². The van der Waals surface area contributed by atoms with Crippen LogP contribution in [-0.2, 0) is 0 Å². The van der Waals surface area contributed by atoms with Crippen molar-refractivity contribution in [2.24, 2.45) is 0 Å². The molecule has 0 atom stereocenters. The Bertz CT molecular complexity index is 903. The normalized spacial score (nSPS) is 10.5. The molecule has 1 heterocycles. The van der Waals surface area contributed by atoms with Gasteiger partial charge >= 0.3 is 0 Å². The molecule has 0 saturated heterocycles. The summed E-state index contributed by atoms with van der Waals surface area (Å²) in [5.41, 5.74) is 2.62. The highest BCUT2D eigenvalue weighted by Crippen LogP contribution is 2.23. The van der Waals surface area contributed by atoms with Gasteiger partial charge in [-0.2, -0.15) is 5.26 Å². The van der Waals surface area contributed by atoms with Gasteiger partial charge in [0, 0.05) is 28.2 Å². The van der Waals surface area contributed by atoms with E-state index in [1.54, 1.807) is 31.3 Å². The number of fused-ring (bicyclic) bond motifs is 1. The molecule has 0 aliphatic heterocycles. The Hall–Kier alpha value is -2.93. The van der Waals surface area contributed by atoms with Gasteiger partial charge in [0.25, 0.3) is 0 Å². The summed E-state index contributed by atoms with van der Waals surface area (Å²) < 4.78 is 13.3. The van der Waals surface area contributed by atoms with Crippen molar-refractivity contribution in [3.05, 3.63) is 70.7 Å². The number of ketones is 1. The van der Waals surface area contributed by atoms with Gasteiger partial charge in [-0.3, -0.25) is 4.79 Å². The van der Waals surface area contributed by atoms with Gasteiger partial charge in [-0.25, -0.2) is 4.39 Å². The smallest absolute Gasteiger partial charge is 0.195 e. The van der Waals surface area contributed by atoms with Crippen molar-refractivity contribution in [1.29, 1.82) is 5.26 Å². The number of nitrogens with zero attached hydrogens (tertiary/aromatic N) is 1. The number of benzene rings is 2. The maximum atomic E-state index is 13.3. The van der Waals surface area contributed by atoms with Gasteiger partial charge in [0.15, 0.2) is 5.78 Å². The molecule has 0 spiro atoms. The summed E-state index contributed by atoms with van der Waals surface area (Å²) in [7, 11) is 0. The average molecular weight is 278 g/mol. The zero-order chi connectivity index (χ0) is 15.0. The first kappa shape index (κ1) is 13.1. The van der Waals surface area contributed by atoms with Crippen LogP contribution in [0.5, 0.6) is 0 Å².